The molecule has 1 saturated carbocycles. The zero-order chi connectivity index (χ0) is 17.1. The Balaban J connectivity index is 1.84. The smallest absolute Gasteiger partial charge is 0.303 e. The van der Waals surface area contributed by atoms with Crippen LogP contribution in [0.5, 0.6) is 0 Å². The van der Waals surface area contributed by atoms with Crippen molar-refractivity contribution in [3.8, 4) is 0 Å². The quantitative estimate of drug-likeness (QED) is 0.851. The molecule has 1 aliphatic heterocycles. The Bertz CT molecular complexity index is 817. The van der Waals surface area contributed by atoms with Crippen LogP contribution in [0, 0.1) is 0 Å². The number of fused-ring (bicyclic) bond motifs is 2. The van der Waals surface area contributed by atoms with Crippen molar-refractivity contribution < 1.29 is 8.78 Å². The van der Waals surface area contributed by atoms with Crippen LogP contribution in [0.3, 0.4) is 0 Å². The molecule has 0 bridgehead atoms. The van der Waals surface area contributed by atoms with Gasteiger partial charge in [-0.15, -0.1) is 0 Å². The molecule has 1 N–H and O–H groups in total. The number of pyridine rings is 1. The maximum absolute atomic E-state index is 13.8. The molecule has 0 amide bonds. The molecule has 1 spiro atoms. The summed E-state index contributed by atoms with van der Waals surface area (Å²) >= 11 is 6.05. The topological polar surface area (TPSA) is 53.9 Å². The van der Waals surface area contributed by atoms with E-state index in [1.807, 2.05) is 4.90 Å². The third-order valence-corrected chi connectivity index (χ3v) is 4.87. The summed E-state index contributed by atoms with van der Waals surface area (Å²) in [6.45, 7) is 1.49. The predicted molar refractivity (Wildman–Crippen MR) is 88.3 cm³/mol. The second kappa shape index (κ2) is 4.99. The first-order valence-corrected chi connectivity index (χ1v) is 8.09. The number of alkyl halides is 2. The van der Waals surface area contributed by atoms with Crippen molar-refractivity contribution in [2.24, 2.45) is 0 Å². The molecule has 126 valence electrons. The largest absolute Gasteiger partial charge is 0.373 e. The zero-order valence-electron chi connectivity index (χ0n) is 13.3. The normalized spacial score (nSPS) is 18.0. The van der Waals surface area contributed by atoms with E-state index in [4.69, 9.17) is 11.6 Å². The molecule has 24 heavy (non-hydrogen) atoms. The monoisotopic (exact) mass is 351 g/mol. The molecule has 0 unspecified atom stereocenters. The van der Waals surface area contributed by atoms with Crippen molar-refractivity contribution in [2.45, 2.75) is 31.1 Å². The van der Waals surface area contributed by atoms with Crippen molar-refractivity contribution in [1.29, 1.82) is 0 Å². The van der Waals surface area contributed by atoms with E-state index >= 15 is 0 Å². The highest BCUT2D eigenvalue weighted by atomic mass is 35.5. The van der Waals surface area contributed by atoms with Gasteiger partial charge < -0.3 is 10.2 Å². The highest BCUT2D eigenvalue weighted by molar-refractivity contribution is 6.29. The van der Waals surface area contributed by atoms with Crippen LogP contribution in [0.1, 0.15) is 31.2 Å². The summed E-state index contributed by atoms with van der Waals surface area (Å²) in [4.78, 5) is 14.1. The van der Waals surface area contributed by atoms with Gasteiger partial charge in [0.1, 0.15) is 16.8 Å². The minimum absolute atomic E-state index is 0.0482. The van der Waals surface area contributed by atoms with Crippen LogP contribution in [0.15, 0.2) is 18.3 Å². The van der Waals surface area contributed by atoms with Gasteiger partial charge in [0.2, 0.25) is 5.82 Å². The van der Waals surface area contributed by atoms with Crippen molar-refractivity contribution >= 4 is 28.9 Å². The summed E-state index contributed by atoms with van der Waals surface area (Å²) in [6, 6.07) is 3.45. The van der Waals surface area contributed by atoms with E-state index in [9.17, 15) is 8.78 Å². The molecule has 1 fully saturated rings. The van der Waals surface area contributed by atoms with Crippen LogP contribution in [0.2, 0.25) is 5.15 Å². The Morgan fingerprint density at radius 1 is 1.29 bits per heavy atom. The molecule has 8 heteroatoms. The van der Waals surface area contributed by atoms with Crippen molar-refractivity contribution in [1.82, 2.24) is 15.0 Å². The van der Waals surface area contributed by atoms with Crippen LogP contribution in [0.25, 0.3) is 0 Å². The predicted octanol–water partition coefficient (Wildman–Crippen LogP) is 3.86. The van der Waals surface area contributed by atoms with E-state index in [-0.39, 0.29) is 5.41 Å². The second-order valence-electron chi connectivity index (χ2n) is 6.46. The molecule has 2 aromatic heterocycles. The summed E-state index contributed by atoms with van der Waals surface area (Å²) in [5, 5.41) is 3.20. The summed E-state index contributed by atoms with van der Waals surface area (Å²) in [6.07, 6.45) is 3.90. The van der Waals surface area contributed by atoms with Crippen molar-refractivity contribution in [3.63, 3.8) is 0 Å². The van der Waals surface area contributed by atoms with Gasteiger partial charge in [0.15, 0.2) is 0 Å². The fraction of sp³-hybridized carbons (Fsp3) is 0.438. The number of aromatic nitrogens is 3. The van der Waals surface area contributed by atoms with E-state index in [0.717, 1.165) is 31.0 Å². The van der Waals surface area contributed by atoms with Gasteiger partial charge in [0, 0.05) is 43.8 Å². The SMILES string of the molecule is CNc1cc(N2CC3(CC3)c3cnc(Cl)cc32)nc(C(C)(F)F)n1. The summed E-state index contributed by atoms with van der Waals surface area (Å²) in [5.41, 5.74) is 2.05. The molecule has 5 nitrogen and oxygen atoms in total. The highest BCUT2D eigenvalue weighted by Crippen LogP contribution is 2.58. The average Bonchev–Trinajstić information content (AvgIpc) is 3.24. The molecule has 2 aliphatic rings. The minimum atomic E-state index is -3.11. The van der Waals surface area contributed by atoms with Crippen LogP contribution in [-0.2, 0) is 11.3 Å². The number of nitrogens with zero attached hydrogens (tertiary/aromatic N) is 4. The van der Waals surface area contributed by atoms with Gasteiger partial charge in [0.05, 0.1) is 5.69 Å². The van der Waals surface area contributed by atoms with Gasteiger partial charge in [-0.1, -0.05) is 11.6 Å². The van der Waals surface area contributed by atoms with Crippen molar-refractivity contribution in [3.05, 3.63) is 34.9 Å². The van der Waals surface area contributed by atoms with E-state index in [2.05, 4.69) is 20.3 Å². The average molecular weight is 352 g/mol. The fourth-order valence-corrected chi connectivity index (χ4v) is 3.36. The molecule has 2 aromatic rings. The molecule has 0 saturated heterocycles. The van der Waals surface area contributed by atoms with Crippen LogP contribution < -0.4 is 10.2 Å². The number of halogens is 3. The van der Waals surface area contributed by atoms with E-state index in [0.29, 0.717) is 23.3 Å². The first-order valence-electron chi connectivity index (χ1n) is 7.71. The maximum atomic E-state index is 13.8. The Morgan fingerprint density at radius 2 is 2.04 bits per heavy atom. The molecular formula is C16H16ClF2N5. The molecule has 1 aliphatic carbocycles. The Labute approximate surface area is 143 Å². The second-order valence-corrected chi connectivity index (χ2v) is 6.85. The van der Waals surface area contributed by atoms with E-state index in [1.165, 1.54) is 0 Å². The Kier molecular flexibility index (Phi) is 3.22. The number of anilines is 3. The van der Waals surface area contributed by atoms with Gasteiger partial charge >= 0.3 is 5.92 Å². The third kappa shape index (κ3) is 2.38. The highest BCUT2D eigenvalue weighted by Gasteiger charge is 2.52. The summed E-state index contributed by atoms with van der Waals surface area (Å²) in [7, 11) is 1.64. The van der Waals surface area contributed by atoms with Gasteiger partial charge in [-0.25, -0.2) is 15.0 Å². The number of nitrogens with one attached hydrogen (secondary N) is 1. The minimum Gasteiger partial charge on any atom is -0.373 e. The number of rotatable bonds is 3. The lowest BCUT2D eigenvalue weighted by atomic mass is 10.0. The van der Waals surface area contributed by atoms with Crippen LogP contribution in [-0.4, -0.2) is 28.5 Å². The number of hydrogen-bond acceptors (Lipinski definition) is 5. The molecular weight excluding hydrogens is 336 g/mol. The maximum Gasteiger partial charge on any atom is 0.303 e. The Morgan fingerprint density at radius 3 is 2.67 bits per heavy atom. The standard InChI is InChI=1S/C16H16ClF2N5/c1-15(18,19)14-22-12(20-2)6-13(23-14)24-8-16(3-4-16)9-7-21-11(17)5-10(9)24/h5-7H,3-4,8H2,1-2H3,(H,20,22,23). The molecule has 0 atom stereocenters. The molecule has 0 aromatic carbocycles. The first kappa shape index (κ1) is 15.5. The van der Waals surface area contributed by atoms with Gasteiger partial charge in [-0.05, 0) is 18.9 Å². The van der Waals surface area contributed by atoms with E-state index < -0.39 is 11.7 Å². The zero-order valence-corrected chi connectivity index (χ0v) is 14.0. The molecule has 4 rings (SSSR count). The van der Waals surface area contributed by atoms with E-state index in [1.54, 1.807) is 25.4 Å². The van der Waals surface area contributed by atoms with Gasteiger partial charge in [-0.2, -0.15) is 8.78 Å². The third-order valence-electron chi connectivity index (χ3n) is 4.66. The lowest BCUT2D eigenvalue weighted by molar-refractivity contribution is 0.00794. The van der Waals surface area contributed by atoms with Crippen molar-refractivity contribution in [2.75, 3.05) is 23.8 Å². The number of hydrogen-bond donors (Lipinski definition) is 1. The molecule has 3 heterocycles. The summed E-state index contributed by atoms with van der Waals surface area (Å²) in [5.74, 6) is -2.81. The lowest BCUT2D eigenvalue weighted by Crippen LogP contribution is -2.23. The van der Waals surface area contributed by atoms with Crippen LogP contribution in [0.4, 0.5) is 26.1 Å². The summed E-state index contributed by atoms with van der Waals surface area (Å²) < 4.78 is 27.5. The van der Waals surface area contributed by atoms with Gasteiger partial charge in [-0.3, -0.25) is 0 Å². The lowest BCUT2D eigenvalue weighted by Gasteiger charge is -2.21. The van der Waals surface area contributed by atoms with Crippen LogP contribution >= 0.6 is 11.6 Å². The Hall–Kier alpha value is -2.02. The fourth-order valence-electron chi connectivity index (χ4n) is 3.20. The first-order chi connectivity index (χ1) is 11.3. The van der Waals surface area contributed by atoms with Gasteiger partial charge in [0.25, 0.3) is 0 Å². The molecule has 0 radical (unpaired) electrons.